The predicted octanol–water partition coefficient (Wildman–Crippen LogP) is 1.67. The van der Waals surface area contributed by atoms with Gasteiger partial charge in [-0.3, -0.25) is 0 Å². The fraction of sp³-hybridized carbons (Fsp3) is 0.714. The third kappa shape index (κ3) is 2.43. The molecule has 3 heteroatoms. The molecule has 1 N–H and O–H groups in total. The van der Waals surface area contributed by atoms with Gasteiger partial charge in [-0.15, -0.1) is 0 Å². The molecule has 0 atom stereocenters. The van der Waals surface area contributed by atoms with Gasteiger partial charge >= 0.3 is 0 Å². The maximum atomic E-state index is 5.69. The Morgan fingerprint density at radius 2 is 2.20 bits per heavy atom. The Balaban J connectivity index is 2.38. The molecule has 0 fully saturated rings. The van der Waals surface area contributed by atoms with E-state index in [1.807, 2.05) is 0 Å². The Hall–Kier alpha value is -0.443. The van der Waals surface area contributed by atoms with Gasteiger partial charge in [-0.05, 0) is 32.1 Å². The van der Waals surface area contributed by atoms with Gasteiger partial charge in [0.15, 0.2) is 5.88 Å². The molecule has 0 aromatic rings. The number of hydrogen-bond acceptors (Lipinski definition) is 2. The SMILES string of the molecule is C[Si](C)(C)OC1=CCCN1. The molecule has 2 nitrogen and oxygen atoms in total. The van der Waals surface area contributed by atoms with Crippen LogP contribution in [0.15, 0.2) is 12.0 Å². The summed E-state index contributed by atoms with van der Waals surface area (Å²) >= 11 is 0. The van der Waals surface area contributed by atoms with E-state index in [4.69, 9.17) is 4.43 Å². The Morgan fingerprint density at radius 1 is 1.50 bits per heavy atom. The molecule has 1 rings (SSSR count). The lowest BCUT2D eigenvalue weighted by Gasteiger charge is -2.19. The minimum absolute atomic E-state index is 0.999. The molecule has 0 aliphatic carbocycles. The Bertz CT molecular complexity index is 148. The van der Waals surface area contributed by atoms with Crippen LogP contribution in [0.5, 0.6) is 0 Å². The Labute approximate surface area is 63.4 Å². The molecule has 10 heavy (non-hydrogen) atoms. The second kappa shape index (κ2) is 2.66. The molecule has 1 aliphatic rings. The van der Waals surface area contributed by atoms with Crippen molar-refractivity contribution in [2.24, 2.45) is 0 Å². The highest BCUT2D eigenvalue weighted by Gasteiger charge is 2.18. The lowest BCUT2D eigenvalue weighted by Crippen LogP contribution is -2.28. The first-order valence-electron chi connectivity index (χ1n) is 3.71. The average Bonchev–Trinajstić information content (AvgIpc) is 2.12. The lowest BCUT2D eigenvalue weighted by molar-refractivity contribution is 0.390. The summed E-state index contributed by atoms with van der Waals surface area (Å²) in [5.74, 6) is 0.999. The number of rotatable bonds is 2. The summed E-state index contributed by atoms with van der Waals surface area (Å²) in [5, 5.41) is 3.19. The van der Waals surface area contributed by atoms with Gasteiger partial charge in [0.2, 0.25) is 8.32 Å². The summed E-state index contributed by atoms with van der Waals surface area (Å²) in [7, 11) is -1.35. The van der Waals surface area contributed by atoms with Crippen molar-refractivity contribution in [3.8, 4) is 0 Å². The zero-order valence-corrected chi connectivity index (χ0v) is 7.90. The zero-order valence-electron chi connectivity index (χ0n) is 6.90. The Kier molecular flexibility index (Phi) is 2.04. The van der Waals surface area contributed by atoms with E-state index < -0.39 is 8.32 Å². The van der Waals surface area contributed by atoms with E-state index >= 15 is 0 Å². The molecular weight excluding hydrogens is 142 g/mol. The highest BCUT2D eigenvalue weighted by Crippen LogP contribution is 2.11. The van der Waals surface area contributed by atoms with Gasteiger partial charge in [0.1, 0.15) is 0 Å². The second-order valence-electron chi connectivity index (χ2n) is 3.50. The largest absolute Gasteiger partial charge is 0.533 e. The topological polar surface area (TPSA) is 21.3 Å². The van der Waals surface area contributed by atoms with E-state index in [0.29, 0.717) is 0 Å². The van der Waals surface area contributed by atoms with Crippen molar-refractivity contribution < 1.29 is 4.43 Å². The van der Waals surface area contributed by atoms with Gasteiger partial charge in [-0.2, -0.15) is 0 Å². The van der Waals surface area contributed by atoms with Crippen molar-refractivity contribution in [2.45, 2.75) is 26.1 Å². The summed E-state index contributed by atoms with van der Waals surface area (Å²) in [6.45, 7) is 7.61. The van der Waals surface area contributed by atoms with Crippen LogP contribution in [0.2, 0.25) is 19.6 Å². The molecule has 0 amide bonds. The van der Waals surface area contributed by atoms with Crippen molar-refractivity contribution in [1.29, 1.82) is 0 Å². The molecule has 0 radical (unpaired) electrons. The number of hydrogen-bond donors (Lipinski definition) is 1. The van der Waals surface area contributed by atoms with E-state index in [-0.39, 0.29) is 0 Å². The monoisotopic (exact) mass is 157 g/mol. The van der Waals surface area contributed by atoms with E-state index in [2.05, 4.69) is 31.0 Å². The Morgan fingerprint density at radius 3 is 2.60 bits per heavy atom. The standard InChI is InChI=1S/C7H15NOSi/c1-10(2,3)9-7-5-4-6-8-7/h5,8H,4,6H2,1-3H3. The first-order chi connectivity index (χ1) is 4.58. The fourth-order valence-corrected chi connectivity index (χ4v) is 1.69. The molecule has 0 spiro atoms. The summed E-state index contributed by atoms with van der Waals surface area (Å²) < 4.78 is 5.69. The lowest BCUT2D eigenvalue weighted by atomic mass is 10.5. The first kappa shape index (κ1) is 7.66. The molecule has 0 saturated heterocycles. The molecule has 58 valence electrons. The molecule has 1 aliphatic heterocycles. The molecule has 0 unspecified atom stereocenters. The first-order valence-corrected chi connectivity index (χ1v) is 7.12. The molecule has 0 bridgehead atoms. The van der Waals surface area contributed by atoms with E-state index in [1.165, 1.54) is 0 Å². The minimum atomic E-state index is -1.35. The van der Waals surface area contributed by atoms with Crippen LogP contribution in [0.25, 0.3) is 0 Å². The zero-order chi connectivity index (χ0) is 7.61. The van der Waals surface area contributed by atoms with Crippen LogP contribution in [0.3, 0.4) is 0 Å². The maximum Gasteiger partial charge on any atom is 0.244 e. The highest BCUT2D eigenvalue weighted by atomic mass is 28.4. The van der Waals surface area contributed by atoms with Gasteiger partial charge in [0.25, 0.3) is 0 Å². The summed E-state index contributed by atoms with van der Waals surface area (Å²) in [6, 6.07) is 0. The van der Waals surface area contributed by atoms with Gasteiger partial charge in [0, 0.05) is 6.54 Å². The number of nitrogens with one attached hydrogen (secondary N) is 1. The molecule has 0 saturated carbocycles. The van der Waals surface area contributed by atoms with Crippen LogP contribution >= 0.6 is 0 Å². The van der Waals surface area contributed by atoms with Crippen LogP contribution in [0.1, 0.15) is 6.42 Å². The third-order valence-electron chi connectivity index (χ3n) is 1.19. The van der Waals surface area contributed by atoms with Crippen LogP contribution in [-0.4, -0.2) is 14.9 Å². The molecule has 0 aromatic heterocycles. The predicted molar refractivity (Wildman–Crippen MR) is 45.1 cm³/mol. The van der Waals surface area contributed by atoms with E-state index in [9.17, 15) is 0 Å². The highest BCUT2D eigenvalue weighted by molar-refractivity contribution is 6.70. The molecule has 0 aromatic carbocycles. The maximum absolute atomic E-state index is 5.69. The van der Waals surface area contributed by atoms with Crippen molar-refractivity contribution in [2.75, 3.05) is 6.54 Å². The minimum Gasteiger partial charge on any atom is -0.533 e. The van der Waals surface area contributed by atoms with E-state index in [1.54, 1.807) is 0 Å². The fourth-order valence-electron chi connectivity index (χ4n) is 0.878. The van der Waals surface area contributed by atoms with Gasteiger partial charge in [-0.25, -0.2) is 0 Å². The van der Waals surface area contributed by atoms with E-state index in [0.717, 1.165) is 18.8 Å². The second-order valence-corrected chi connectivity index (χ2v) is 7.93. The van der Waals surface area contributed by atoms with Crippen LogP contribution in [0.4, 0.5) is 0 Å². The van der Waals surface area contributed by atoms with Gasteiger partial charge in [-0.1, -0.05) is 0 Å². The van der Waals surface area contributed by atoms with Crippen molar-refractivity contribution in [3.63, 3.8) is 0 Å². The van der Waals surface area contributed by atoms with Gasteiger partial charge in [0.05, 0.1) is 0 Å². The quantitative estimate of drug-likeness (QED) is 0.616. The van der Waals surface area contributed by atoms with Gasteiger partial charge < -0.3 is 9.74 Å². The summed E-state index contributed by atoms with van der Waals surface area (Å²) in [6.07, 6.45) is 3.23. The van der Waals surface area contributed by atoms with Crippen molar-refractivity contribution in [3.05, 3.63) is 12.0 Å². The third-order valence-corrected chi connectivity index (χ3v) is 2.02. The van der Waals surface area contributed by atoms with Crippen molar-refractivity contribution in [1.82, 2.24) is 5.32 Å². The van der Waals surface area contributed by atoms with Crippen molar-refractivity contribution >= 4 is 8.32 Å². The van der Waals surface area contributed by atoms with Crippen LogP contribution in [-0.2, 0) is 4.43 Å². The summed E-state index contributed by atoms with van der Waals surface area (Å²) in [5.41, 5.74) is 0. The summed E-state index contributed by atoms with van der Waals surface area (Å²) in [4.78, 5) is 0. The smallest absolute Gasteiger partial charge is 0.244 e. The molecule has 1 heterocycles. The van der Waals surface area contributed by atoms with Crippen LogP contribution < -0.4 is 5.32 Å². The normalized spacial score (nSPS) is 18.1. The van der Waals surface area contributed by atoms with Crippen LogP contribution in [0, 0.1) is 0 Å². The molecular formula is C7H15NOSi. The average molecular weight is 157 g/mol.